The molecule has 0 saturated carbocycles. The number of ether oxygens (including phenoxy) is 1. The lowest BCUT2D eigenvalue weighted by atomic mass is 10.1. The molecule has 0 aliphatic carbocycles. The van der Waals surface area contributed by atoms with Crippen LogP contribution in [0.2, 0.25) is 5.02 Å². The zero-order chi connectivity index (χ0) is 21.8. The first-order valence-corrected chi connectivity index (χ1v) is 13.2. The first-order valence-electron chi connectivity index (χ1n) is 10.4. The standard InChI is InChI=1S/C23H25ClN2O3S2/c1-2-29-19-9-7-17(8-10-19)15-18-16-30-23(25-18)26-13-11-20(12-14-26)31(27,28)22-6-4-3-5-21(22)24/h3-10,16,20H,2,11-15H2,1H3. The summed E-state index contributed by atoms with van der Waals surface area (Å²) in [7, 11) is -3.43. The molecule has 0 radical (unpaired) electrons. The van der Waals surface area contributed by atoms with Gasteiger partial charge in [0.2, 0.25) is 0 Å². The van der Waals surface area contributed by atoms with Gasteiger partial charge in [0, 0.05) is 24.9 Å². The lowest BCUT2D eigenvalue weighted by Gasteiger charge is -2.31. The summed E-state index contributed by atoms with van der Waals surface area (Å²) >= 11 is 7.75. The van der Waals surface area contributed by atoms with Gasteiger partial charge in [0.1, 0.15) is 5.75 Å². The number of benzene rings is 2. The van der Waals surface area contributed by atoms with Crippen LogP contribution in [0.15, 0.2) is 58.8 Å². The molecule has 0 bridgehead atoms. The van der Waals surface area contributed by atoms with Crippen LogP contribution in [0.3, 0.4) is 0 Å². The monoisotopic (exact) mass is 476 g/mol. The van der Waals surface area contributed by atoms with Crippen LogP contribution < -0.4 is 9.64 Å². The Morgan fingerprint density at radius 2 is 1.84 bits per heavy atom. The molecule has 1 saturated heterocycles. The molecule has 2 heterocycles. The molecular weight excluding hydrogens is 452 g/mol. The van der Waals surface area contributed by atoms with Gasteiger partial charge in [-0.3, -0.25) is 0 Å². The number of nitrogens with zero attached hydrogens (tertiary/aromatic N) is 2. The van der Waals surface area contributed by atoms with Crippen LogP contribution in [0.4, 0.5) is 5.13 Å². The minimum absolute atomic E-state index is 0.238. The largest absolute Gasteiger partial charge is 0.494 e. The van der Waals surface area contributed by atoms with E-state index in [0.29, 0.717) is 37.6 Å². The van der Waals surface area contributed by atoms with Crippen molar-refractivity contribution in [1.82, 2.24) is 4.98 Å². The van der Waals surface area contributed by atoms with Crippen molar-refractivity contribution < 1.29 is 13.2 Å². The minimum atomic E-state index is -3.43. The third kappa shape index (κ3) is 5.05. The van der Waals surface area contributed by atoms with Crippen molar-refractivity contribution in [2.75, 3.05) is 24.6 Å². The Hall–Kier alpha value is -2.09. The highest BCUT2D eigenvalue weighted by atomic mass is 35.5. The molecule has 164 valence electrons. The molecule has 0 N–H and O–H groups in total. The lowest BCUT2D eigenvalue weighted by Crippen LogP contribution is -2.39. The van der Waals surface area contributed by atoms with E-state index in [4.69, 9.17) is 21.3 Å². The van der Waals surface area contributed by atoms with Crippen molar-refractivity contribution in [2.45, 2.75) is 36.3 Å². The number of sulfone groups is 1. The second kappa shape index (κ2) is 9.59. The molecule has 1 fully saturated rings. The van der Waals surface area contributed by atoms with E-state index in [-0.39, 0.29) is 4.90 Å². The zero-order valence-corrected chi connectivity index (χ0v) is 19.7. The number of halogens is 1. The molecule has 4 rings (SSSR count). The highest BCUT2D eigenvalue weighted by Crippen LogP contribution is 2.32. The van der Waals surface area contributed by atoms with Crippen LogP contribution >= 0.6 is 22.9 Å². The fourth-order valence-electron chi connectivity index (χ4n) is 3.81. The highest BCUT2D eigenvalue weighted by Gasteiger charge is 2.33. The molecule has 2 aromatic carbocycles. The van der Waals surface area contributed by atoms with E-state index in [0.717, 1.165) is 23.0 Å². The summed E-state index contributed by atoms with van der Waals surface area (Å²) < 4.78 is 31.5. The summed E-state index contributed by atoms with van der Waals surface area (Å²) in [5.74, 6) is 0.875. The van der Waals surface area contributed by atoms with Gasteiger partial charge in [-0.2, -0.15) is 0 Å². The SMILES string of the molecule is CCOc1ccc(Cc2csc(N3CCC(S(=O)(=O)c4ccccc4Cl)CC3)n2)cc1. The second-order valence-electron chi connectivity index (χ2n) is 7.54. The van der Waals surface area contributed by atoms with Gasteiger partial charge in [0.05, 0.1) is 27.5 Å². The van der Waals surface area contributed by atoms with E-state index >= 15 is 0 Å². The van der Waals surface area contributed by atoms with Gasteiger partial charge in [0.25, 0.3) is 0 Å². The number of aromatic nitrogens is 1. The topological polar surface area (TPSA) is 59.5 Å². The van der Waals surface area contributed by atoms with Crippen molar-refractivity contribution in [2.24, 2.45) is 0 Å². The fraction of sp³-hybridized carbons (Fsp3) is 0.348. The molecule has 31 heavy (non-hydrogen) atoms. The third-order valence-electron chi connectivity index (χ3n) is 5.45. The minimum Gasteiger partial charge on any atom is -0.494 e. The zero-order valence-electron chi connectivity index (χ0n) is 17.3. The van der Waals surface area contributed by atoms with E-state index in [9.17, 15) is 8.42 Å². The van der Waals surface area contributed by atoms with Gasteiger partial charge in [-0.25, -0.2) is 13.4 Å². The van der Waals surface area contributed by atoms with Gasteiger partial charge in [-0.1, -0.05) is 35.9 Å². The lowest BCUT2D eigenvalue weighted by molar-refractivity contribution is 0.340. The van der Waals surface area contributed by atoms with Crippen molar-refractivity contribution in [3.63, 3.8) is 0 Å². The predicted molar refractivity (Wildman–Crippen MR) is 126 cm³/mol. The maximum absolute atomic E-state index is 13.0. The smallest absolute Gasteiger partial charge is 0.185 e. The van der Waals surface area contributed by atoms with Crippen molar-refractivity contribution >= 4 is 37.9 Å². The first kappa shape index (κ1) is 22.1. The first-order chi connectivity index (χ1) is 15.0. The van der Waals surface area contributed by atoms with Gasteiger partial charge < -0.3 is 9.64 Å². The number of anilines is 1. The van der Waals surface area contributed by atoms with Crippen LogP contribution in [0.25, 0.3) is 0 Å². The second-order valence-corrected chi connectivity index (χ2v) is 11.0. The number of rotatable bonds is 7. The Bertz CT molecular complexity index is 1120. The third-order valence-corrected chi connectivity index (χ3v) is 9.16. The van der Waals surface area contributed by atoms with Crippen LogP contribution in [-0.4, -0.2) is 38.3 Å². The average molecular weight is 477 g/mol. The molecule has 8 heteroatoms. The van der Waals surface area contributed by atoms with Crippen molar-refractivity contribution in [3.05, 3.63) is 70.2 Å². The van der Waals surface area contributed by atoms with Gasteiger partial charge in [0.15, 0.2) is 15.0 Å². The molecule has 0 amide bonds. The Labute approximate surface area is 192 Å². The summed E-state index contributed by atoms with van der Waals surface area (Å²) in [5.41, 5.74) is 2.21. The summed E-state index contributed by atoms with van der Waals surface area (Å²) in [6.45, 7) is 3.97. The number of hydrogen-bond donors (Lipinski definition) is 0. The van der Waals surface area contributed by atoms with E-state index in [1.54, 1.807) is 35.6 Å². The number of piperidine rings is 1. The molecule has 1 aromatic heterocycles. The highest BCUT2D eigenvalue weighted by molar-refractivity contribution is 7.92. The summed E-state index contributed by atoms with van der Waals surface area (Å²) in [6.07, 6.45) is 1.91. The number of thiazole rings is 1. The van der Waals surface area contributed by atoms with Crippen LogP contribution in [-0.2, 0) is 16.3 Å². The summed E-state index contributed by atoms with van der Waals surface area (Å²) in [4.78, 5) is 7.21. The molecular formula is C23H25ClN2O3S2. The molecule has 1 aliphatic rings. The summed E-state index contributed by atoms with van der Waals surface area (Å²) in [5, 5.41) is 2.92. The molecule has 3 aromatic rings. The van der Waals surface area contributed by atoms with Gasteiger partial charge in [-0.05, 0) is 49.6 Å². The molecule has 0 spiro atoms. The molecule has 0 atom stereocenters. The van der Waals surface area contributed by atoms with Crippen LogP contribution in [0.5, 0.6) is 5.75 Å². The maximum atomic E-state index is 13.0. The molecule has 0 unspecified atom stereocenters. The average Bonchev–Trinajstić information content (AvgIpc) is 3.24. The van der Waals surface area contributed by atoms with Gasteiger partial charge >= 0.3 is 0 Å². The Morgan fingerprint density at radius 3 is 2.52 bits per heavy atom. The Morgan fingerprint density at radius 1 is 1.13 bits per heavy atom. The van der Waals surface area contributed by atoms with Crippen molar-refractivity contribution in [1.29, 1.82) is 0 Å². The Balaban J connectivity index is 1.37. The van der Waals surface area contributed by atoms with E-state index in [1.807, 2.05) is 19.1 Å². The predicted octanol–water partition coefficient (Wildman–Crippen LogP) is 5.23. The maximum Gasteiger partial charge on any atom is 0.185 e. The van der Waals surface area contributed by atoms with Crippen molar-refractivity contribution in [3.8, 4) is 5.75 Å². The normalized spacial score (nSPS) is 15.2. The van der Waals surface area contributed by atoms with E-state index in [1.165, 1.54) is 5.56 Å². The van der Waals surface area contributed by atoms with E-state index in [2.05, 4.69) is 22.4 Å². The fourth-order valence-corrected chi connectivity index (χ4v) is 6.95. The van der Waals surface area contributed by atoms with E-state index < -0.39 is 15.1 Å². The molecule has 5 nitrogen and oxygen atoms in total. The molecule has 1 aliphatic heterocycles. The quantitative estimate of drug-likeness (QED) is 0.467. The summed E-state index contributed by atoms with van der Waals surface area (Å²) in [6, 6.07) is 14.8. The van der Waals surface area contributed by atoms with Crippen LogP contribution in [0, 0.1) is 0 Å². The Kier molecular flexibility index (Phi) is 6.84. The number of hydrogen-bond acceptors (Lipinski definition) is 6. The van der Waals surface area contributed by atoms with Gasteiger partial charge in [-0.15, -0.1) is 11.3 Å². The van der Waals surface area contributed by atoms with Crippen LogP contribution in [0.1, 0.15) is 31.0 Å².